The first-order valence-electron chi connectivity index (χ1n) is 7.53. The van der Waals surface area contributed by atoms with E-state index in [-0.39, 0.29) is 5.78 Å². The van der Waals surface area contributed by atoms with E-state index in [9.17, 15) is 9.90 Å². The van der Waals surface area contributed by atoms with Gasteiger partial charge in [0.1, 0.15) is 11.5 Å². The third kappa shape index (κ3) is 2.98. The van der Waals surface area contributed by atoms with Crippen molar-refractivity contribution < 1.29 is 14.4 Å². The summed E-state index contributed by atoms with van der Waals surface area (Å²) in [4.78, 5) is 12.9. The summed E-state index contributed by atoms with van der Waals surface area (Å²) in [7, 11) is 0. The maximum Gasteiger partial charge on any atom is 0.193 e. The van der Waals surface area contributed by atoms with Gasteiger partial charge in [0.2, 0.25) is 0 Å². The fourth-order valence-corrected chi connectivity index (χ4v) is 2.78. The van der Waals surface area contributed by atoms with Crippen LogP contribution >= 0.6 is 11.6 Å². The smallest absolute Gasteiger partial charge is 0.193 e. The Labute approximate surface area is 144 Å². The molecule has 0 radical (unpaired) electrons. The highest BCUT2D eigenvalue weighted by molar-refractivity contribution is 6.30. The number of carbonyl (C=O) groups excluding carboxylic acids is 1. The first-order valence-corrected chi connectivity index (χ1v) is 7.90. The highest BCUT2D eigenvalue weighted by atomic mass is 35.5. The Bertz CT molecular complexity index is 882. The molecule has 0 aliphatic rings. The maximum atomic E-state index is 12.9. The van der Waals surface area contributed by atoms with Crippen molar-refractivity contribution >= 4 is 17.4 Å². The Kier molecular flexibility index (Phi) is 4.51. The summed E-state index contributed by atoms with van der Waals surface area (Å²) in [5, 5.41) is 14.4. The number of ketones is 1. The average Bonchev–Trinajstić information content (AvgIpc) is 2.96. The standard InChI is InChI=1S/C19H16ClNO3/c1-11(22)18-17(12(2)24-21-18)15-5-3-4-6-16(15)19(23)13-7-9-14(20)10-8-13/h3-11,22H,1-2H3. The molecule has 0 bridgehead atoms. The van der Waals surface area contributed by atoms with Crippen LogP contribution in [0.3, 0.4) is 0 Å². The lowest BCUT2D eigenvalue weighted by Crippen LogP contribution is -2.05. The first kappa shape index (κ1) is 16.4. The fraction of sp³-hybridized carbons (Fsp3) is 0.158. The molecule has 1 heterocycles. The number of carbonyl (C=O) groups is 1. The van der Waals surface area contributed by atoms with E-state index >= 15 is 0 Å². The van der Waals surface area contributed by atoms with Crippen molar-refractivity contribution in [3.8, 4) is 11.1 Å². The third-order valence-corrected chi connectivity index (χ3v) is 4.08. The lowest BCUT2D eigenvalue weighted by molar-refractivity contribution is 0.103. The van der Waals surface area contributed by atoms with Crippen molar-refractivity contribution in [1.82, 2.24) is 5.16 Å². The zero-order valence-electron chi connectivity index (χ0n) is 13.3. The Morgan fingerprint density at radius 3 is 2.50 bits per heavy atom. The molecule has 122 valence electrons. The minimum absolute atomic E-state index is 0.126. The number of aliphatic hydroxyl groups excluding tert-OH is 1. The van der Waals surface area contributed by atoms with E-state index in [0.29, 0.717) is 38.7 Å². The van der Waals surface area contributed by atoms with Gasteiger partial charge in [0.15, 0.2) is 5.78 Å². The summed E-state index contributed by atoms with van der Waals surface area (Å²) in [5.41, 5.74) is 2.83. The largest absolute Gasteiger partial charge is 0.387 e. The SMILES string of the molecule is Cc1onc(C(C)O)c1-c1ccccc1C(=O)c1ccc(Cl)cc1. The molecule has 0 spiro atoms. The van der Waals surface area contributed by atoms with Crippen LogP contribution in [0.1, 0.15) is 40.4 Å². The van der Waals surface area contributed by atoms with Crippen molar-refractivity contribution in [3.63, 3.8) is 0 Å². The lowest BCUT2D eigenvalue weighted by Gasteiger charge is -2.10. The zero-order chi connectivity index (χ0) is 17.3. The van der Waals surface area contributed by atoms with Crippen LogP contribution < -0.4 is 0 Å². The number of benzene rings is 2. The Balaban J connectivity index is 2.14. The summed E-state index contributed by atoms with van der Waals surface area (Å²) in [5.74, 6) is 0.432. The van der Waals surface area contributed by atoms with Gasteiger partial charge in [-0.25, -0.2) is 0 Å². The molecule has 0 fully saturated rings. The number of hydrogen-bond donors (Lipinski definition) is 1. The molecule has 0 amide bonds. The van der Waals surface area contributed by atoms with Gasteiger partial charge in [-0.2, -0.15) is 0 Å². The van der Waals surface area contributed by atoms with E-state index in [2.05, 4.69) is 5.16 Å². The molecular formula is C19H16ClNO3. The van der Waals surface area contributed by atoms with Crippen molar-refractivity contribution in [2.75, 3.05) is 0 Å². The van der Waals surface area contributed by atoms with Crippen LogP contribution in [-0.4, -0.2) is 16.0 Å². The molecule has 0 aliphatic carbocycles. The van der Waals surface area contributed by atoms with Gasteiger partial charge in [-0.15, -0.1) is 0 Å². The Morgan fingerprint density at radius 2 is 1.83 bits per heavy atom. The highest BCUT2D eigenvalue weighted by Gasteiger charge is 2.23. The number of aryl methyl sites for hydroxylation is 1. The maximum absolute atomic E-state index is 12.9. The van der Waals surface area contributed by atoms with E-state index in [1.807, 2.05) is 12.1 Å². The van der Waals surface area contributed by atoms with Crippen LogP contribution in [0.15, 0.2) is 53.1 Å². The highest BCUT2D eigenvalue weighted by Crippen LogP contribution is 2.34. The predicted octanol–water partition coefficient (Wildman–Crippen LogP) is 4.59. The van der Waals surface area contributed by atoms with Crippen LogP contribution in [0.4, 0.5) is 0 Å². The summed E-state index contributed by atoms with van der Waals surface area (Å²) in [6.45, 7) is 3.38. The van der Waals surface area contributed by atoms with Crippen molar-refractivity contribution in [3.05, 3.63) is 76.1 Å². The van der Waals surface area contributed by atoms with Gasteiger partial charge < -0.3 is 9.63 Å². The van der Waals surface area contributed by atoms with E-state index in [1.54, 1.807) is 50.2 Å². The van der Waals surface area contributed by atoms with Crippen molar-refractivity contribution in [2.24, 2.45) is 0 Å². The molecule has 0 saturated heterocycles. The second kappa shape index (κ2) is 6.59. The molecule has 2 aromatic carbocycles. The van der Waals surface area contributed by atoms with Crippen LogP contribution in [-0.2, 0) is 0 Å². The van der Waals surface area contributed by atoms with Crippen LogP contribution in [0.5, 0.6) is 0 Å². The summed E-state index contributed by atoms with van der Waals surface area (Å²) in [6.07, 6.45) is -0.795. The number of aromatic nitrogens is 1. The molecule has 1 aromatic heterocycles. The zero-order valence-corrected chi connectivity index (χ0v) is 14.0. The number of rotatable bonds is 4. The number of halogens is 1. The number of aliphatic hydroxyl groups is 1. The fourth-order valence-electron chi connectivity index (χ4n) is 2.66. The van der Waals surface area contributed by atoms with E-state index in [4.69, 9.17) is 16.1 Å². The minimum Gasteiger partial charge on any atom is -0.387 e. The van der Waals surface area contributed by atoms with Gasteiger partial charge in [0.05, 0.1) is 11.7 Å². The molecule has 3 aromatic rings. The second-order valence-corrected chi connectivity index (χ2v) is 5.99. The Morgan fingerprint density at radius 1 is 1.17 bits per heavy atom. The molecular weight excluding hydrogens is 326 g/mol. The van der Waals surface area contributed by atoms with Crippen molar-refractivity contribution in [1.29, 1.82) is 0 Å². The van der Waals surface area contributed by atoms with E-state index in [0.717, 1.165) is 0 Å². The van der Waals surface area contributed by atoms with Crippen LogP contribution in [0.25, 0.3) is 11.1 Å². The normalized spacial score (nSPS) is 12.2. The van der Waals surface area contributed by atoms with E-state index < -0.39 is 6.10 Å². The number of nitrogens with zero attached hydrogens (tertiary/aromatic N) is 1. The van der Waals surface area contributed by atoms with Crippen LogP contribution in [0, 0.1) is 6.92 Å². The van der Waals surface area contributed by atoms with Gasteiger partial charge >= 0.3 is 0 Å². The molecule has 3 rings (SSSR count). The van der Waals surface area contributed by atoms with Crippen LogP contribution in [0.2, 0.25) is 5.02 Å². The van der Waals surface area contributed by atoms with Gasteiger partial charge in [0.25, 0.3) is 0 Å². The topological polar surface area (TPSA) is 63.3 Å². The lowest BCUT2D eigenvalue weighted by atomic mass is 9.92. The molecule has 1 N–H and O–H groups in total. The first-order chi connectivity index (χ1) is 11.5. The molecule has 5 heteroatoms. The third-order valence-electron chi connectivity index (χ3n) is 3.83. The summed E-state index contributed by atoms with van der Waals surface area (Å²) >= 11 is 5.89. The van der Waals surface area contributed by atoms with Crippen molar-refractivity contribution in [2.45, 2.75) is 20.0 Å². The number of hydrogen-bond acceptors (Lipinski definition) is 4. The average molecular weight is 342 g/mol. The summed E-state index contributed by atoms with van der Waals surface area (Å²) < 4.78 is 5.23. The molecule has 1 atom stereocenters. The molecule has 4 nitrogen and oxygen atoms in total. The summed E-state index contributed by atoms with van der Waals surface area (Å²) in [6, 6.07) is 14.0. The molecule has 24 heavy (non-hydrogen) atoms. The molecule has 1 unspecified atom stereocenters. The van der Waals surface area contributed by atoms with Gasteiger partial charge in [-0.05, 0) is 43.7 Å². The molecule has 0 aliphatic heterocycles. The van der Waals surface area contributed by atoms with Gasteiger partial charge in [-0.3, -0.25) is 4.79 Å². The monoisotopic (exact) mass is 341 g/mol. The molecule has 0 saturated carbocycles. The quantitative estimate of drug-likeness (QED) is 0.705. The minimum atomic E-state index is -0.795. The van der Waals surface area contributed by atoms with E-state index in [1.165, 1.54) is 0 Å². The van der Waals surface area contributed by atoms with Gasteiger partial charge in [-0.1, -0.05) is 41.0 Å². The van der Waals surface area contributed by atoms with Gasteiger partial charge in [0, 0.05) is 16.1 Å². The second-order valence-electron chi connectivity index (χ2n) is 5.56. The Hall–Kier alpha value is -2.43. The predicted molar refractivity (Wildman–Crippen MR) is 92.2 cm³/mol.